The van der Waals surface area contributed by atoms with Gasteiger partial charge < -0.3 is 21.4 Å². The molecule has 0 saturated heterocycles. The van der Waals surface area contributed by atoms with E-state index in [0.29, 0.717) is 17.1 Å². The van der Waals surface area contributed by atoms with Gasteiger partial charge in [-0.15, -0.1) is 5.73 Å². The van der Waals surface area contributed by atoms with E-state index in [0.717, 1.165) is 98.0 Å². The number of aromatic nitrogens is 2. The van der Waals surface area contributed by atoms with Gasteiger partial charge in [0.05, 0.1) is 17.0 Å². The summed E-state index contributed by atoms with van der Waals surface area (Å²) in [6.45, 7) is 6.46. The summed E-state index contributed by atoms with van der Waals surface area (Å²) in [6, 6.07) is 15.2. The molecular weight excluding hydrogens is 552 g/mol. The van der Waals surface area contributed by atoms with Crippen LogP contribution in [0.2, 0.25) is 0 Å². The maximum absolute atomic E-state index is 9.38. The molecule has 0 saturated carbocycles. The van der Waals surface area contributed by atoms with Gasteiger partial charge in [-0.25, -0.2) is 4.99 Å². The zero-order valence-corrected chi connectivity index (χ0v) is 27.4. The first-order chi connectivity index (χ1) is 21.7. The predicted octanol–water partition coefficient (Wildman–Crippen LogP) is 8.16. The van der Waals surface area contributed by atoms with E-state index >= 15 is 0 Å². The molecule has 5 N–H and O–H groups in total. The number of hydrogen-bond donors (Lipinski definition) is 3. The number of benzene rings is 1. The monoisotopic (exact) mass is 600 g/mol. The predicted molar refractivity (Wildman–Crippen MR) is 186 cm³/mol. The number of nitrogens with zero attached hydrogens (tertiary/aromatic N) is 3. The van der Waals surface area contributed by atoms with Crippen LogP contribution in [0.15, 0.2) is 82.3 Å². The third-order valence-corrected chi connectivity index (χ3v) is 10.5. The van der Waals surface area contributed by atoms with Crippen LogP contribution in [0.4, 0.5) is 0 Å². The van der Waals surface area contributed by atoms with Gasteiger partial charge in [-0.05, 0) is 111 Å². The zero-order valence-electron chi connectivity index (χ0n) is 27.4. The Hall–Kier alpha value is -3.99. The highest BCUT2D eigenvalue weighted by molar-refractivity contribution is 6.24. The largest absolute Gasteiger partial charge is 0.383 e. The Morgan fingerprint density at radius 3 is 2.69 bits per heavy atom. The fraction of sp³-hybridized carbons (Fsp3) is 0.436. The fourth-order valence-electron chi connectivity index (χ4n) is 7.91. The average Bonchev–Trinajstić information content (AvgIpc) is 3.34. The van der Waals surface area contributed by atoms with E-state index in [1.54, 1.807) is 0 Å². The molecule has 0 bridgehead atoms. The summed E-state index contributed by atoms with van der Waals surface area (Å²) < 4.78 is 2.13. The second-order valence-corrected chi connectivity index (χ2v) is 13.5. The number of fused-ring (bicyclic) bond motifs is 2. The Bertz CT molecular complexity index is 1730. The molecule has 2 unspecified atom stereocenters. The lowest BCUT2D eigenvalue weighted by atomic mass is 9.73. The number of nitrogens with one attached hydrogen (secondary N) is 1. The minimum absolute atomic E-state index is 0.0740. The summed E-state index contributed by atoms with van der Waals surface area (Å²) in [4.78, 5) is 10.1. The van der Waals surface area contributed by atoms with E-state index in [1.807, 2.05) is 6.08 Å². The van der Waals surface area contributed by atoms with Crippen LogP contribution in [-0.2, 0) is 19.9 Å². The SMILES string of the molecule is CCCC1(CCCC2=C(C)C=C=C(C(=N)C3CCCCc4nc(-c5cc(C)n(C)c5)ccc43)C(N)=N2)Cc2ccccc2[C@H]1N. The van der Waals surface area contributed by atoms with Crippen molar-refractivity contribution in [2.24, 2.45) is 28.9 Å². The Labute approximate surface area is 268 Å². The number of aliphatic imine (C=N–C) groups is 1. The van der Waals surface area contributed by atoms with Crippen molar-refractivity contribution in [1.29, 1.82) is 5.41 Å². The molecule has 2 aromatic heterocycles. The molecule has 0 fully saturated rings. The van der Waals surface area contributed by atoms with Crippen LogP contribution < -0.4 is 11.5 Å². The second-order valence-electron chi connectivity index (χ2n) is 13.5. The lowest BCUT2D eigenvalue weighted by molar-refractivity contribution is 0.198. The average molecular weight is 601 g/mol. The van der Waals surface area contributed by atoms with Crippen molar-refractivity contribution in [3.8, 4) is 11.3 Å². The van der Waals surface area contributed by atoms with Crippen LogP contribution in [-0.4, -0.2) is 21.1 Å². The van der Waals surface area contributed by atoms with Gasteiger partial charge in [0.25, 0.3) is 0 Å². The molecule has 1 aromatic carbocycles. The Morgan fingerprint density at radius 2 is 1.93 bits per heavy atom. The van der Waals surface area contributed by atoms with Crippen molar-refractivity contribution >= 4 is 11.5 Å². The van der Waals surface area contributed by atoms with E-state index < -0.39 is 0 Å². The topological polar surface area (TPSA) is 106 Å². The van der Waals surface area contributed by atoms with E-state index in [-0.39, 0.29) is 17.4 Å². The first kappa shape index (κ1) is 31.0. The van der Waals surface area contributed by atoms with Gasteiger partial charge in [-0.1, -0.05) is 50.1 Å². The number of hydrogen-bond acceptors (Lipinski definition) is 5. The van der Waals surface area contributed by atoms with Crippen LogP contribution in [0.1, 0.15) is 105 Å². The number of allylic oxidation sites excluding steroid dienone is 2. The molecule has 3 aliphatic rings. The van der Waals surface area contributed by atoms with Gasteiger partial charge >= 0.3 is 0 Å². The Balaban J connectivity index is 1.18. The van der Waals surface area contributed by atoms with Crippen molar-refractivity contribution in [1.82, 2.24) is 9.55 Å². The number of amidine groups is 1. The molecule has 6 heteroatoms. The number of nitrogens with two attached hydrogens (primary N) is 2. The lowest BCUT2D eigenvalue weighted by Gasteiger charge is -2.34. The van der Waals surface area contributed by atoms with Crippen LogP contribution in [0.3, 0.4) is 0 Å². The van der Waals surface area contributed by atoms with Gasteiger partial charge in [-0.3, -0.25) is 4.98 Å². The van der Waals surface area contributed by atoms with Gasteiger partial charge in [0.15, 0.2) is 0 Å². The van der Waals surface area contributed by atoms with E-state index in [2.05, 4.69) is 86.8 Å². The summed E-state index contributed by atoms with van der Waals surface area (Å²) in [6.07, 6.45) is 14.2. The molecule has 6 nitrogen and oxygen atoms in total. The highest BCUT2D eigenvalue weighted by Gasteiger charge is 2.42. The molecule has 3 aromatic rings. The zero-order chi connectivity index (χ0) is 31.7. The normalized spacial score (nSPS) is 22.8. The van der Waals surface area contributed by atoms with Crippen LogP contribution in [0.25, 0.3) is 11.3 Å². The van der Waals surface area contributed by atoms with Crippen molar-refractivity contribution in [3.05, 3.63) is 105 Å². The quantitative estimate of drug-likeness (QED) is 0.131. The molecule has 1 aliphatic heterocycles. The summed E-state index contributed by atoms with van der Waals surface area (Å²) in [5.74, 6) is 0.318. The van der Waals surface area contributed by atoms with Crippen LogP contribution >= 0.6 is 0 Å². The van der Waals surface area contributed by atoms with Crippen molar-refractivity contribution in [2.45, 2.75) is 96.9 Å². The molecule has 0 radical (unpaired) electrons. The molecule has 45 heavy (non-hydrogen) atoms. The molecular formula is C39H48N6. The fourth-order valence-corrected chi connectivity index (χ4v) is 7.91. The van der Waals surface area contributed by atoms with Crippen molar-refractivity contribution in [2.75, 3.05) is 0 Å². The first-order valence-electron chi connectivity index (χ1n) is 16.8. The summed E-state index contributed by atoms with van der Waals surface area (Å²) in [5, 5.41) is 9.38. The summed E-state index contributed by atoms with van der Waals surface area (Å²) in [7, 11) is 2.06. The summed E-state index contributed by atoms with van der Waals surface area (Å²) >= 11 is 0. The molecule has 0 spiro atoms. The summed E-state index contributed by atoms with van der Waals surface area (Å²) in [5.41, 5.74) is 28.5. The second kappa shape index (κ2) is 12.8. The molecule has 234 valence electrons. The van der Waals surface area contributed by atoms with E-state index in [4.69, 9.17) is 21.4 Å². The minimum Gasteiger partial charge on any atom is -0.383 e. The third-order valence-electron chi connectivity index (χ3n) is 10.5. The minimum atomic E-state index is -0.0764. The van der Waals surface area contributed by atoms with Gasteiger partial charge in [-0.2, -0.15) is 0 Å². The number of aryl methyl sites for hydroxylation is 3. The van der Waals surface area contributed by atoms with Crippen LogP contribution in [0, 0.1) is 17.7 Å². The molecule has 0 amide bonds. The Kier molecular flexibility index (Phi) is 8.81. The van der Waals surface area contributed by atoms with Gasteiger partial charge in [0, 0.05) is 47.9 Å². The molecule has 3 heterocycles. The van der Waals surface area contributed by atoms with Gasteiger partial charge in [0.1, 0.15) is 5.84 Å². The number of rotatable bonds is 9. The third kappa shape index (κ3) is 6.02. The van der Waals surface area contributed by atoms with Gasteiger partial charge in [0.2, 0.25) is 0 Å². The molecule has 3 atom stereocenters. The number of pyridine rings is 1. The standard InChI is InChI=1S/C39H48N6/c1-5-20-39(23-27-11-6-7-12-29(27)37(39)41)21-10-15-33-25(2)16-17-32(38(42)44-33)36(40)31-13-8-9-14-35-30(31)18-19-34(43-35)28-22-26(3)45(4)24-28/h6-7,11-12,16,18-19,22,24,31,37,40H,5,8-10,13-15,20-21,23,41H2,1-4H3,(H2,42,44)/t31?,37-,39?/m1/s1. The molecule has 6 rings (SSSR count). The highest BCUT2D eigenvalue weighted by Crippen LogP contribution is 2.50. The highest BCUT2D eigenvalue weighted by atomic mass is 14.9. The lowest BCUT2D eigenvalue weighted by Crippen LogP contribution is -2.31. The molecule has 2 aliphatic carbocycles. The smallest absolute Gasteiger partial charge is 0.140 e. The van der Waals surface area contributed by atoms with Crippen molar-refractivity contribution < 1.29 is 0 Å². The maximum atomic E-state index is 9.38. The van der Waals surface area contributed by atoms with E-state index in [1.165, 1.54) is 16.8 Å². The Morgan fingerprint density at radius 1 is 1.11 bits per heavy atom. The van der Waals surface area contributed by atoms with Crippen LogP contribution in [0.5, 0.6) is 0 Å². The van der Waals surface area contributed by atoms with Crippen molar-refractivity contribution in [3.63, 3.8) is 0 Å². The van der Waals surface area contributed by atoms with E-state index in [9.17, 15) is 5.41 Å². The first-order valence-corrected chi connectivity index (χ1v) is 16.8. The maximum Gasteiger partial charge on any atom is 0.140 e.